The molecule has 0 radical (unpaired) electrons. The van der Waals surface area contributed by atoms with Gasteiger partial charge in [0, 0.05) is 23.6 Å². The lowest BCUT2D eigenvalue weighted by molar-refractivity contribution is 0.410. The zero-order chi connectivity index (χ0) is 21.1. The highest BCUT2D eigenvalue weighted by molar-refractivity contribution is 5.80. The Balaban J connectivity index is 1.64. The minimum Gasteiger partial charge on any atom is -0.496 e. The van der Waals surface area contributed by atoms with Crippen molar-refractivity contribution in [3.8, 4) is 5.75 Å². The van der Waals surface area contributed by atoms with Crippen molar-refractivity contribution in [2.24, 2.45) is 0 Å². The van der Waals surface area contributed by atoms with Crippen LogP contribution in [0.15, 0.2) is 70.4 Å². The standard InChI is InChI=1S/C22H21N5O3/c1-14(27-21(29)17-9-5-3-7-15(17)13-24-27)18-11-20(28)26-22(25-18)23-12-16-8-4-6-10-19(16)30-2/h3-11,13-14H,12H2,1-2H3,(H2,23,25,26,28). The Morgan fingerprint density at radius 3 is 2.73 bits per heavy atom. The highest BCUT2D eigenvalue weighted by atomic mass is 16.5. The fourth-order valence-corrected chi connectivity index (χ4v) is 3.31. The van der Waals surface area contributed by atoms with Crippen LogP contribution in [0.4, 0.5) is 5.95 Å². The Labute approximate surface area is 172 Å². The number of rotatable bonds is 6. The van der Waals surface area contributed by atoms with Crippen LogP contribution < -0.4 is 21.2 Å². The lowest BCUT2D eigenvalue weighted by Gasteiger charge is -2.15. The summed E-state index contributed by atoms with van der Waals surface area (Å²) in [5, 5.41) is 8.72. The number of aromatic amines is 1. The minimum absolute atomic E-state index is 0.230. The third kappa shape index (κ3) is 3.80. The topological polar surface area (TPSA) is 102 Å². The summed E-state index contributed by atoms with van der Waals surface area (Å²) in [6.07, 6.45) is 1.64. The van der Waals surface area contributed by atoms with E-state index in [-0.39, 0.29) is 11.1 Å². The number of para-hydroxylation sites is 1. The van der Waals surface area contributed by atoms with Crippen molar-refractivity contribution < 1.29 is 4.74 Å². The van der Waals surface area contributed by atoms with Gasteiger partial charge in [0.2, 0.25) is 5.95 Å². The van der Waals surface area contributed by atoms with Crippen molar-refractivity contribution in [2.75, 3.05) is 12.4 Å². The van der Waals surface area contributed by atoms with Gasteiger partial charge in [-0.15, -0.1) is 0 Å². The predicted octanol–water partition coefficient (Wildman–Crippen LogP) is 2.71. The van der Waals surface area contributed by atoms with Gasteiger partial charge < -0.3 is 10.1 Å². The molecule has 8 nitrogen and oxygen atoms in total. The van der Waals surface area contributed by atoms with Crippen molar-refractivity contribution in [1.82, 2.24) is 19.7 Å². The molecule has 1 unspecified atom stereocenters. The molecule has 0 aliphatic rings. The van der Waals surface area contributed by atoms with Gasteiger partial charge in [0.15, 0.2) is 0 Å². The Hall–Kier alpha value is -3.94. The quantitative estimate of drug-likeness (QED) is 0.513. The van der Waals surface area contributed by atoms with E-state index in [0.717, 1.165) is 16.7 Å². The molecule has 2 heterocycles. The molecule has 0 spiro atoms. The second kappa shape index (κ2) is 8.20. The molecule has 4 aromatic rings. The van der Waals surface area contributed by atoms with E-state index in [2.05, 4.69) is 20.4 Å². The zero-order valence-corrected chi connectivity index (χ0v) is 16.6. The molecule has 0 saturated heterocycles. The maximum absolute atomic E-state index is 12.9. The molecule has 4 rings (SSSR count). The number of ether oxygens (including phenoxy) is 1. The van der Waals surface area contributed by atoms with E-state index < -0.39 is 6.04 Å². The lowest BCUT2D eigenvalue weighted by Crippen LogP contribution is -2.28. The van der Waals surface area contributed by atoms with Crippen LogP contribution in [0.2, 0.25) is 0 Å². The van der Waals surface area contributed by atoms with Gasteiger partial charge in [0.1, 0.15) is 5.75 Å². The van der Waals surface area contributed by atoms with E-state index >= 15 is 0 Å². The van der Waals surface area contributed by atoms with Gasteiger partial charge in [0.25, 0.3) is 11.1 Å². The third-order valence-electron chi connectivity index (χ3n) is 4.92. The summed E-state index contributed by atoms with van der Waals surface area (Å²) in [5.74, 6) is 1.05. The van der Waals surface area contributed by atoms with Gasteiger partial charge in [0.05, 0.1) is 30.4 Å². The first-order valence-corrected chi connectivity index (χ1v) is 9.50. The number of hydrogen-bond donors (Lipinski definition) is 2. The smallest absolute Gasteiger partial charge is 0.275 e. The number of nitrogens with one attached hydrogen (secondary N) is 2. The van der Waals surface area contributed by atoms with Crippen molar-refractivity contribution in [3.05, 3.63) is 92.8 Å². The van der Waals surface area contributed by atoms with Gasteiger partial charge in [-0.2, -0.15) is 5.10 Å². The van der Waals surface area contributed by atoms with Gasteiger partial charge in [-0.05, 0) is 19.1 Å². The molecule has 0 aliphatic carbocycles. The van der Waals surface area contributed by atoms with Crippen molar-refractivity contribution >= 4 is 16.7 Å². The number of H-pyrrole nitrogens is 1. The Kier molecular flexibility index (Phi) is 5.30. The average molecular weight is 403 g/mol. The van der Waals surface area contributed by atoms with Crippen LogP contribution in [0.5, 0.6) is 5.75 Å². The summed E-state index contributed by atoms with van der Waals surface area (Å²) in [6.45, 7) is 2.20. The Morgan fingerprint density at radius 2 is 1.90 bits per heavy atom. The summed E-state index contributed by atoms with van der Waals surface area (Å²) in [5.41, 5.74) is 0.814. The lowest BCUT2D eigenvalue weighted by atomic mass is 10.2. The van der Waals surface area contributed by atoms with Crippen LogP contribution in [0.1, 0.15) is 24.2 Å². The number of anilines is 1. The second-order valence-electron chi connectivity index (χ2n) is 6.84. The molecule has 1 atom stereocenters. The van der Waals surface area contributed by atoms with Gasteiger partial charge in [-0.3, -0.25) is 14.6 Å². The van der Waals surface area contributed by atoms with Crippen molar-refractivity contribution in [3.63, 3.8) is 0 Å². The number of hydrogen-bond acceptors (Lipinski definition) is 6. The molecule has 8 heteroatoms. The molecule has 0 amide bonds. The second-order valence-corrected chi connectivity index (χ2v) is 6.84. The van der Waals surface area contributed by atoms with E-state index in [1.807, 2.05) is 42.5 Å². The zero-order valence-electron chi connectivity index (χ0n) is 16.6. The minimum atomic E-state index is -0.517. The normalized spacial score (nSPS) is 11.9. The highest BCUT2D eigenvalue weighted by Crippen LogP contribution is 2.19. The summed E-state index contributed by atoms with van der Waals surface area (Å²) < 4.78 is 6.69. The van der Waals surface area contributed by atoms with E-state index in [0.29, 0.717) is 23.6 Å². The number of fused-ring (bicyclic) bond motifs is 1. The maximum atomic E-state index is 12.9. The molecule has 0 aliphatic heterocycles. The fourth-order valence-electron chi connectivity index (χ4n) is 3.31. The van der Waals surface area contributed by atoms with Crippen LogP contribution in [0.25, 0.3) is 10.8 Å². The number of methoxy groups -OCH3 is 1. The molecule has 0 saturated carbocycles. The van der Waals surface area contributed by atoms with Crippen LogP contribution >= 0.6 is 0 Å². The summed E-state index contributed by atoms with van der Waals surface area (Å²) in [6, 6.07) is 15.7. The predicted molar refractivity (Wildman–Crippen MR) is 115 cm³/mol. The van der Waals surface area contributed by atoms with Crippen LogP contribution in [0, 0.1) is 0 Å². The van der Waals surface area contributed by atoms with Gasteiger partial charge >= 0.3 is 0 Å². The van der Waals surface area contributed by atoms with E-state index in [1.165, 1.54) is 10.7 Å². The van der Waals surface area contributed by atoms with Crippen LogP contribution in [0.3, 0.4) is 0 Å². The third-order valence-corrected chi connectivity index (χ3v) is 4.92. The van der Waals surface area contributed by atoms with Gasteiger partial charge in [-0.1, -0.05) is 36.4 Å². The largest absolute Gasteiger partial charge is 0.496 e. The monoisotopic (exact) mass is 403 g/mol. The fraction of sp³-hybridized carbons (Fsp3) is 0.182. The SMILES string of the molecule is COc1ccccc1CNc1nc(C(C)n2ncc3ccccc3c2=O)cc(=O)[nH]1. The maximum Gasteiger partial charge on any atom is 0.275 e. The molecule has 0 fully saturated rings. The summed E-state index contributed by atoms with van der Waals surface area (Å²) in [4.78, 5) is 32.2. The Morgan fingerprint density at radius 1 is 1.13 bits per heavy atom. The van der Waals surface area contributed by atoms with E-state index in [9.17, 15) is 9.59 Å². The molecular formula is C22H21N5O3. The van der Waals surface area contributed by atoms with Crippen LogP contribution in [-0.4, -0.2) is 26.9 Å². The number of nitrogens with zero attached hydrogens (tertiary/aromatic N) is 3. The number of benzene rings is 2. The van der Waals surface area contributed by atoms with Crippen molar-refractivity contribution in [2.45, 2.75) is 19.5 Å². The molecular weight excluding hydrogens is 382 g/mol. The molecule has 2 aromatic heterocycles. The van der Waals surface area contributed by atoms with E-state index in [1.54, 1.807) is 26.3 Å². The first-order valence-electron chi connectivity index (χ1n) is 9.50. The number of aromatic nitrogens is 4. The molecule has 30 heavy (non-hydrogen) atoms. The van der Waals surface area contributed by atoms with Crippen molar-refractivity contribution in [1.29, 1.82) is 0 Å². The van der Waals surface area contributed by atoms with E-state index in [4.69, 9.17) is 4.74 Å². The Bertz CT molecular complexity index is 1310. The van der Waals surface area contributed by atoms with Gasteiger partial charge in [-0.25, -0.2) is 9.67 Å². The highest BCUT2D eigenvalue weighted by Gasteiger charge is 2.16. The molecule has 0 bridgehead atoms. The first-order chi connectivity index (χ1) is 14.6. The molecule has 152 valence electrons. The summed E-state index contributed by atoms with van der Waals surface area (Å²) in [7, 11) is 1.61. The first kappa shape index (κ1) is 19.4. The molecule has 2 N–H and O–H groups in total. The van der Waals surface area contributed by atoms with Crippen LogP contribution in [-0.2, 0) is 6.54 Å². The summed E-state index contributed by atoms with van der Waals surface area (Å²) >= 11 is 0. The average Bonchev–Trinajstić information content (AvgIpc) is 2.77. The molecule has 2 aromatic carbocycles.